The monoisotopic (exact) mass is 333 g/mol. The van der Waals surface area contributed by atoms with Crippen molar-refractivity contribution in [2.45, 2.75) is 19.1 Å². The number of halogens is 3. The smallest absolute Gasteiger partial charge is 0.416 e. The maximum absolute atomic E-state index is 13.0. The lowest BCUT2D eigenvalue weighted by atomic mass is 10.0. The number of hydrogen-bond donors (Lipinski definition) is 1. The molecule has 1 heterocycles. The van der Waals surface area contributed by atoms with E-state index in [2.05, 4.69) is 0 Å². The van der Waals surface area contributed by atoms with E-state index >= 15 is 0 Å². The minimum absolute atomic E-state index is 0.183. The zero-order valence-corrected chi connectivity index (χ0v) is 12.5. The van der Waals surface area contributed by atoms with E-state index in [-0.39, 0.29) is 17.5 Å². The van der Waals surface area contributed by atoms with E-state index in [1.807, 2.05) is 4.57 Å². The molecule has 24 heavy (non-hydrogen) atoms. The van der Waals surface area contributed by atoms with Gasteiger partial charge >= 0.3 is 12.1 Å². The molecule has 0 aliphatic carbocycles. The molecule has 6 heteroatoms. The van der Waals surface area contributed by atoms with Crippen molar-refractivity contribution < 1.29 is 23.1 Å². The van der Waals surface area contributed by atoms with Crippen molar-refractivity contribution in [3.63, 3.8) is 0 Å². The summed E-state index contributed by atoms with van der Waals surface area (Å²) < 4.78 is 40.9. The number of rotatable bonds is 4. The largest absolute Gasteiger partial charge is 0.478 e. The summed E-state index contributed by atoms with van der Waals surface area (Å²) in [7, 11) is 0. The van der Waals surface area contributed by atoms with Crippen LogP contribution in [0.5, 0.6) is 0 Å². The number of fused-ring (bicyclic) bond motifs is 1. The molecule has 0 saturated carbocycles. The van der Waals surface area contributed by atoms with Crippen LogP contribution >= 0.6 is 0 Å². The Kier molecular flexibility index (Phi) is 4.05. The maximum atomic E-state index is 13.0. The Morgan fingerprint density at radius 2 is 1.83 bits per heavy atom. The number of aryl methyl sites for hydroxylation is 2. The summed E-state index contributed by atoms with van der Waals surface area (Å²) in [4.78, 5) is 11.0. The standard InChI is InChI=1S/C18H14F3NO2/c19-18(20,21)15-4-2-1-3-12(15)7-9-22-10-8-13-11-14(17(23)24)5-6-16(13)22/h1-6,8,10-11H,7,9H2,(H,23,24). The van der Waals surface area contributed by atoms with Gasteiger partial charge in [-0.25, -0.2) is 4.79 Å². The fourth-order valence-corrected chi connectivity index (χ4v) is 2.78. The quantitative estimate of drug-likeness (QED) is 0.758. The van der Waals surface area contributed by atoms with Crippen molar-refractivity contribution in [2.75, 3.05) is 0 Å². The molecule has 0 spiro atoms. The summed E-state index contributed by atoms with van der Waals surface area (Å²) in [5.74, 6) is -1.01. The average molecular weight is 333 g/mol. The molecule has 0 saturated heterocycles. The van der Waals surface area contributed by atoms with Crippen LogP contribution in [0.3, 0.4) is 0 Å². The molecule has 0 fully saturated rings. The molecular formula is C18H14F3NO2. The Labute approximate surface area is 136 Å². The normalized spacial score (nSPS) is 11.8. The van der Waals surface area contributed by atoms with E-state index in [9.17, 15) is 18.0 Å². The molecule has 3 nitrogen and oxygen atoms in total. The predicted octanol–water partition coefficient (Wildman–Crippen LogP) is 4.60. The van der Waals surface area contributed by atoms with Gasteiger partial charge in [-0.3, -0.25) is 0 Å². The summed E-state index contributed by atoms with van der Waals surface area (Å²) in [6, 6.07) is 12.0. The van der Waals surface area contributed by atoms with Gasteiger partial charge < -0.3 is 9.67 Å². The van der Waals surface area contributed by atoms with Crippen molar-refractivity contribution in [2.24, 2.45) is 0 Å². The lowest BCUT2D eigenvalue weighted by Crippen LogP contribution is -2.10. The lowest BCUT2D eigenvalue weighted by Gasteiger charge is -2.13. The van der Waals surface area contributed by atoms with E-state index in [0.717, 1.165) is 17.0 Å². The fraction of sp³-hybridized carbons (Fsp3) is 0.167. The number of hydrogen-bond acceptors (Lipinski definition) is 1. The summed E-state index contributed by atoms with van der Waals surface area (Å²) in [5, 5.41) is 9.75. The number of benzene rings is 2. The predicted molar refractivity (Wildman–Crippen MR) is 84.0 cm³/mol. The van der Waals surface area contributed by atoms with Crippen LogP contribution in [0.25, 0.3) is 10.9 Å². The van der Waals surface area contributed by atoms with E-state index in [4.69, 9.17) is 5.11 Å². The van der Waals surface area contributed by atoms with Crippen LogP contribution in [0.15, 0.2) is 54.7 Å². The Balaban J connectivity index is 1.86. The van der Waals surface area contributed by atoms with Crippen LogP contribution in [-0.2, 0) is 19.1 Å². The first-order chi connectivity index (χ1) is 11.4. The molecule has 0 radical (unpaired) electrons. The van der Waals surface area contributed by atoms with Crippen molar-refractivity contribution >= 4 is 16.9 Å². The van der Waals surface area contributed by atoms with E-state index in [1.165, 1.54) is 18.2 Å². The lowest BCUT2D eigenvalue weighted by molar-refractivity contribution is -0.138. The highest BCUT2D eigenvalue weighted by molar-refractivity contribution is 5.93. The van der Waals surface area contributed by atoms with Crippen LogP contribution in [0.4, 0.5) is 13.2 Å². The summed E-state index contributed by atoms with van der Waals surface area (Å²) >= 11 is 0. The number of aromatic nitrogens is 1. The number of carbonyl (C=O) groups is 1. The molecule has 0 aliphatic heterocycles. The van der Waals surface area contributed by atoms with Gasteiger partial charge in [-0.1, -0.05) is 18.2 Å². The highest BCUT2D eigenvalue weighted by atomic mass is 19.4. The third-order valence-electron chi connectivity index (χ3n) is 3.96. The van der Waals surface area contributed by atoms with Crippen LogP contribution in [0, 0.1) is 0 Å². The third-order valence-corrected chi connectivity index (χ3v) is 3.96. The summed E-state index contributed by atoms with van der Waals surface area (Å²) in [5.41, 5.74) is 0.607. The number of carboxylic acid groups (broad SMARTS) is 1. The highest BCUT2D eigenvalue weighted by Crippen LogP contribution is 2.32. The number of carboxylic acids is 1. The third kappa shape index (κ3) is 3.13. The number of alkyl halides is 3. The Hall–Kier alpha value is -2.76. The minimum Gasteiger partial charge on any atom is -0.478 e. The Morgan fingerprint density at radius 3 is 2.54 bits per heavy atom. The van der Waals surface area contributed by atoms with Gasteiger partial charge in [-0.2, -0.15) is 13.2 Å². The first-order valence-corrected chi connectivity index (χ1v) is 7.33. The van der Waals surface area contributed by atoms with Crippen LogP contribution in [0.2, 0.25) is 0 Å². The second kappa shape index (κ2) is 6.03. The van der Waals surface area contributed by atoms with Crippen molar-refractivity contribution in [3.05, 3.63) is 71.4 Å². The SMILES string of the molecule is O=C(O)c1ccc2c(ccn2CCc2ccccc2C(F)(F)F)c1. The average Bonchev–Trinajstić information content (AvgIpc) is 2.94. The van der Waals surface area contributed by atoms with Gasteiger partial charge in [0.1, 0.15) is 0 Å². The van der Waals surface area contributed by atoms with Gasteiger partial charge in [0.05, 0.1) is 11.1 Å². The van der Waals surface area contributed by atoms with Gasteiger partial charge in [0, 0.05) is 23.6 Å². The molecule has 0 unspecified atom stereocenters. The summed E-state index contributed by atoms with van der Waals surface area (Å²) in [6.45, 7) is 0.378. The Bertz CT molecular complexity index is 897. The molecule has 1 aromatic heterocycles. The number of nitrogens with zero attached hydrogens (tertiary/aromatic N) is 1. The second-order valence-corrected chi connectivity index (χ2v) is 5.49. The van der Waals surface area contributed by atoms with E-state index in [1.54, 1.807) is 30.5 Å². The molecule has 124 valence electrons. The molecule has 0 atom stereocenters. The first-order valence-electron chi connectivity index (χ1n) is 7.33. The molecule has 0 bridgehead atoms. The van der Waals surface area contributed by atoms with Crippen molar-refractivity contribution in [3.8, 4) is 0 Å². The van der Waals surface area contributed by atoms with E-state index < -0.39 is 17.7 Å². The molecule has 0 aliphatic rings. The van der Waals surface area contributed by atoms with Gasteiger partial charge in [-0.15, -0.1) is 0 Å². The zero-order valence-electron chi connectivity index (χ0n) is 12.5. The highest BCUT2D eigenvalue weighted by Gasteiger charge is 2.32. The molecule has 1 N–H and O–H groups in total. The molecule has 2 aromatic carbocycles. The topological polar surface area (TPSA) is 42.2 Å². The van der Waals surface area contributed by atoms with Crippen molar-refractivity contribution in [1.29, 1.82) is 0 Å². The van der Waals surface area contributed by atoms with Crippen LogP contribution in [-0.4, -0.2) is 15.6 Å². The maximum Gasteiger partial charge on any atom is 0.416 e. The molecule has 3 rings (SSSR count). The van der Waals surface area contributed by atoms with Crippen LogP contribution in [0.1, 0.15) is 21.5 Å². The van der Waals surface area contributed by atoms with Crippen molar-refractivity contribution in [1.82, 2.24) is 4.57 Å². The number of aromatic carboxylic acids is 1. The van der Waals surface area contributed by atoms with Gasteiger partial charge in [0.2, 0.25) is 0 Å². The van der Waals surface area contributed by atoms with E-state index in [0.29, 0.717) is 6.54 Å². The molecular weight excluding hydrogens is 319 g/mol. The second-order valence-electron chi connectivity index (χ2n) is 5.49. The first kappa shape index (κ1) is 16.1. The van der Waals surface area contributed by atoms with Gasteiger partial charge in [0.15, 0.2) is 0 Å². The zero-order chi connectivity index (χ0) is 17.3. The fourth-order valence-electron chi connectivity index (χ4n) is 2.78. The van der Waals surface area contributed by atoms with Crippen LogP contribution < -0.4 is 0 Å². The Morgan fingerprint density at radius 1 is 1.08 bits per heavy atom. The van der Waals surface area contributed by atoms with Gasteiger partial charge in [-0.05, 0) is 42.3 Å². The minimum atomic E-state index is -4.37. The molecule has 3 aromatic rings. The summed E-state index contributed by atoms with van der Waals surface area (Å²) in [6.07, 6.45) is -2.38. The molecule has 0 amide bonds. The van der Waals surface area contributed by atoms with Gasteiger partial charge in [0.25, 0.3) is 0 Å².